The average molecular weight is 952 g/mol. The second-order valence-corrected chi connectivity index (χ2v) is 27.9. The molecule has 3 aromatic heterocycles. The van der Waals surface area contributed by atoms with E-state index in [1.165, 1.54) is 28.0 Å². The summed E-state index contributed by atoms with van der Waals surface area (Å²) in [4.78, 5) is 26.6. The van der Waals surface area contributed by atoms with Gasteiger partial charge in [-0.15, -0.1) is 0 Å². The number of hydrogen-bond acceptors (Lipinski definition) is 6. The maximum Gasteiger partial charge on any atom is 0 e. The van der Waals surface area contributed by atoms with Crippen LogP contribution in [0.2, 0.25) is 17.3 Å². The third-order valence-electron chi connectivity index (χ3n) is 10.3. The summed E-state index contributed by atoms with van der Waals surface area (Å²) < 4.78 is 8.01. The third-order valence-corrected chi connectivity index (χ3v) is 15.0. The zero-order valence-corrected chi connectivity index (χ0v) is 38.8. The van der Waals surface area contributed by atoms with E-state index in [1.54, 1.807) is 4.40 Å². The van der Waals surface area contributed by atoms with Gasteiger partial charge in [0.1, 0.15) is 5.76 Å². The first-order valence-electron chi connectivity index (χ1n) is 18.5. The minimum Gasteiger partial charge on any atom is 0 e. The van der Waals surface area contributed by atoms with Crippen molar-refractivity contribution in [2.24, 2.45) is 10.8 Å². The number of nitrogens with zero attached hydrogens (tertiary/aromatic N) is 3. The van der Waals surface area contributed by atoms with Gasteiger partial charge >= 0.3 is 221 Å². The van der Waals surface area contributed by atoms with Crippen molar-refractivity contribution in [3.63, 3.8) is 0 Å². The molecule has 0 aliphatic rings. The van der Waals surface area contributed by atoms with Gasteiger partial charge in [-0.3, -0.25) is 4.79 Å². The van der Waals surface area contributed by atoms with Crippen molar-refractivity contribution >= 4 is 67.2 Å². The van der Waals surface area contributed by atoms with Crippen molar-refractivity contribution in [3.05, 3.63) is 82.5 Å². The van der Waals surface area contributed by atoms with E-state index in [2.05, 4.69) is 93.3 Å². The molecule has 0 unspecified atom stereocenters. The van der Waals surface area contributed by atoms with Crippen molar-refractivity contribution in [3.8, 4) is 11.3 Å². The molecule has 0 saturated heterocycles. The molecule has 6 aromatic rings. The molecule has 283 valence electrons. The molecule has 0 aliphatic carbocycles. The van der Waals surface area contributed by atoms with Gasteiger partial charge in [-0.1, -0.05) is 41.5 Å². The van der Waals surface area contributed by atoms with Crippen molar-refractivity contribution in [2.75, 3.05) is 0 Å². The fourth-order valence-electron chi connectivity index (χ4n) is 6.92. The molecule has 0 fully saturated rings. The smallest absolute Gasteiger partial charge is 0 e. The molecule has 0 atom stereocenters. The van der Waals surface area contributed by atoms with Gasteiger partial charge in [0.15, 0.2) is 5.78 Å². The van der Waals surface area contributed by atoms with Crippen LogP contribution in [-0.2, 0) is 24.9 Å². The van der Waals surface area contributed by atoms with Crippen LogP contribution in [-0.4, -0.2) is 39.1 Å². The number of allylic oxidation sites excluding steroid dienone is 2. The maximum absolute atomic E-state index is 11.6. The van der Waals surface area contributed by atoms with Crippen LogP contribution in [0.3, 0.4) is 0 Å². The summed E-state index contributed by atoms with van der Waals surface area (Å²) in [6.07, 6.45) is 2.18. The summed E-state index contributed by atoms with van der Waals surface area (Å²) in [5, 5.41) is 15.4. The van der Waals surface area contributed by atoms with Crippen molar-refractivity contribution < 1.29 is 34.4 Å². The van der Waals surface area contributed by atoms with E-state index in [9.17, 15) is 9.90 Å². The summed E-state index contributed by atoms with van der Waals surface area (Å²) in [6, 6.07) is 16.5. The van der Waals surface area contributed by atoms with Crippen LogP contribution in [0.4, 0.5) is 0 Å². The van der Waals surface area contributed by atoms with Gasteiger partial charge in [0.25, 0.3) is 0 Å². The Morgan fingerprint density at radius 1 is 0.925 bits per heavy atom. The number of aromatic nitrogens is 3. The van der Waals surface area contributed by atoms with Crippen LogP contribution in [0.1, 0.15) is 95.9 Å². The quantitative estimate of drug-likeness (QED) is 0.0588. The number of aliphatic hydroxyl groups is 1. The molecule has 0 saturated carbocycles. The zero-order chi connectivity index (χ0) is 38.7. The predicted molar refractivity (Wildman–Crippen MR) is 222 cm³/mol. The number of ketones is 1. The van der Waals surface area contributed by atoms with Crippen LogP contribution in [0.25, 0.3) is 55.0 Å². The molecule has 6 nitrogen and oxygen atoms in total. The van der Waals surface area contributed by atoms with Crippen LogP contribution in [0, 0.1) is 44.6 Å². The number of carbonyl (C=O) groups excluding carboxylic acids is 1. The number of rotatable bonds is 6. The summed E-state index contributed by atoms with van der Waals surface area (Å²) in [6.45, 7) is 24.3. The molecule has 3 aromatic carbocycles. The largest absolute Gasteiger partial charge is 0 e. The second-order valence-electron chi connectivity index (χ2n) is 17.4. The van der Waals surface area contributed by atoms with Gasteiger partial charge in [0, 0.05) is 37.0 Å². The number of carbonyl (C=O) groups is 1. The summed E-state index contributed by atoms with van der Waals surface area (Å²) in [7, 11) is 0. The van der Waals surface area contributed by atoms with E-state index in [0.717, 1.165) is 62.0 Å². The Balaban J connectivity index is 0.000000358. The Kier molecular flexibility index (Phi) is 12.3. The first-order chi connectivity index (χ1) is 24.1. The van der Waals surface area contributed by atoms with Crippen LogP contribution in [0.5, 0.6) is 0 Å². The van der Waals surface area contributed by atoms with Crippen LogP contribution >= 0.6 is 0 Å². The molecule has 1 radical (unpaired) electrons. The number of aryl methyl sites for hydroxylation is 4. The standard InChI is InChI=1S/C33H34GeN3O.C12H22O2.Ir/c1-17(2)32-36-29(25-13-10-18(3)26-23-14-11-20(5)35-33(23)38-31(25)26)24-15-12-22-16-19(4)28(34(7,8)9)21(6)27(22)30(24)37-32;1-7-12(5,6)10(14)8-9(13)11(2,3)4;/h10-12,14-17H,1-9H3;8,14H,7H2,1-6H3;/q-1;;/b;10-8-;. The molecule has 3 heterocycles. The average Bonchev–Trinajstić information content (AvgIpc) is 3.42. The predicted octanol–water partition coefficient (Wildman–Crippen LogP) is 11.9. The van der Waals surface area contributed by atoms with Gasteiger partial charge in [-0.25, -0.2) is 0 Å². The van der Waals surface area contributed by atoms with Gasteiger partial charge in [0.05, 0.1) is 0 Å². The molecule has 6 rings (SSSR count). The fraction of sp³-hybridized carbons (Fsp3) is 0.422. The molecule has 0 spiro atoms. The van der Waals surface area contributed by atoms with Crippen molar-refractivity contribution in [1.29, 1.82) is 0 Å². The van der Waals surface area contributed by atoms with E-state index >= 15 is 0 Å². The summed E-state index contributed by atoms with van der Waals surface area (Å²) >= 11 is -2.14. The van der Waals surface area contributed by atoms with Gasteiger partial charge in [0.2, 0.25) is 0 Å². The Bertz CT molecular complexity index is 2390. The van der Waals surface area contributed by atoms with Crippen molar-refractivity contribution in [2.45, 2.75) is 113 Å². The fourth-order valence-corrected chi connectivity index (χ4v) is 12.2. The minimum atomic E-state index is -2.14. The molecule has 0 aliphatic heterocycles. The van der Waals surface area contributed by atoms with E-state index in [4.69, 9.17) is 14.4 Å². The second kappa shape index (κ2) is 15.4. The zero-order valence-electron chi connectivity index (χ0n) is 34.3. The molecule has 0 amide bonds. The Morgan fingerprint density at radius 3 is 2.15 bits per heavy atom. The van der Waals surface area contributed by atoms with E-state index in [-0.39, 0.29) is 43.0 Å². The number of benzene rings is 3. The summed E-state index contributed by atoms with van der Waals surface area (Å²) in [5.41, 5.74) is 8.32. The Hall–Kier alpha value is -3.39. The van der Waals surface area contributed by atoms with Gasteiger partial charge in [-0.2, -0.15) is 0 Å². The minimum absolute atomic E-state index is 0. The molecule has 8 heteroatoms. The van der Waals surface area contributed by atoms with Crippen LogP contribution in [0.15, 0.2) is 52.7 Å². The monoisotopic (exact) mass is 953 g/mol. The molecule has 0 bridgehead atoms. The number of furan rings is 1. The van der Waals surface area contributed by atoms with E-state index in [0.29, 0.717) is 5.71 Å². The molecule has 1 N–H and O–H groups in total. The molecular weight excluding hydrogens is 895 g/mol. The molecule has 53 heavy (non-hydrogen) atoms. The number of fused-ring (bicyclic) bond motifs is 6. The number of hydrogen-bond donors (Lipinski definition) is 1. The van der Waals surface area contributed by atoms with Crippen LogP contribution < -0.4 is 4.40 Å². The van der Waals surface area contributed by atoms with E-state index < -0.39 is 18.7 Å². The van der Waals surface area contributed by atoms with E-state index in [1.807, 2.05) is 54.5 Å². The molecular formula is C45H56GeIrN3O3-. The van der Waals surface area contributed by atoms with Crippen molar-refractivity contribution in [1.82, 2.24) is 15.0 Å². The first-order valence-corrected chi connectivity index (χ1v) is 25.8. The Labute approximate surface area is 332 Å². The topological polar surface area (TPSA) is 89.1 Å². The van der Waals surface area contributed by atoms with Gasteiger partial charge < -0.3 is 5.11 Å². The normalized spacial score (nSPS) is 12.8. The first kappa shape index (κ1) is 42.4. The van der Waals surface area contributed by atoms with Gasteiger partial charge in [-0.05, 0) is 13.3 Å². The number of pyridine rings is 1. The number of aliphatic hydroxyl groups excluding tert-OH is 1. The summed E-state index contributed by atoms with van der Waals surface area (Å²) in [5.74, 6) is 8.59. The third kappa shape index (κ3) is 8.33. The Morgan fingerprint density at radius 2 is 1.57 bits per heavy atom. The SMILES string of the molecule is CCC(C)(C)/C(O)=C/C(=O)C(C)(C)C.Cc1ccc2c(n1)oc1c(-c3nc(C(C)C)nc4c3ccc3cc(C)[c]([Ge]([CH3])([CH3])[CH3])c(C)c34)[c-]cc(C)c12.[Ir]. The maximum atomic E-state index is 11.6.